The summed E-state index contributed by atoms with van der Waals surface area (Å²) in [6, 6.07) is 0. The van der Waals surface area contributed by atoms with Crippen molar-refractivity contribution >= 4 is 16.0 Å². The average molecular weight is 155 g/mol. The molecule has 0 aliphatic heterocycles. The van der Waals surface area contributed by atoms with Gasteiger partial charge in [-0.25, -0.2) is 8.42 Å². The van der Waals surface area contributed by atoms with Gasteiger partial charge in [0.1, 0.15) is 0 Å². The lowest BCUT2D eigenvalue weighted by Crippen LogP contribution is -2.26. The fraction of sp³-hybridized carbons (Fsp3) is 0.500. The minimum atomic E-state index is -4.01. The minimum Gasteiger partial charge on any atom is -0.480 e. The van der Waals surface area contributed by atoms with Gasteiger partial charge in [-0.15, -0.1) is 0 Å². The summed E-state index contributed by atoms with van der Waals surface area (Å²) < 4.78 is 20.1. The number of rotatable bonds is 3. The Morgan fingerprint density at radius 2 is 2.00 bits per heavy atom. The van der Waals surface area contributed by atoms with Crippen LogP contribution in [-0.2, 0) is 14.8 Å². The van der Waals surface area contributed by atoms with Crippen LogP contribution in [0.3, 0.4) is 0 Å². The number of carboxylic acid groups (broad SMARTS) is 1. The molecule has 0 amide bonds. The maximum absolute atomic E-state index is 10.1. The molecule has 3 N–H and O–H groups in total. The van der Waals surface area contributed by atoms with Gasteiger partial charge < -0.3 is 10.3 Å². The third-order valence-electron chi connectivity index (χ3n) is 0.453. The molecule has 0 unspecified atom stereocenters. The van der Waals surface area contributed by atoms with Gasteiger partial charge in [-0.3, -0.25) is 4.79 Å². The molecule has 0 rings (SSSR count). The Morgan fingerprint density at radius 1 is 1.56 bits per heavy atom. The molecule has 0 aliphatic carbocycles. The molecule has 7 heteroatoms. The molecule has 0 aromatic carbocycles. The molecule has 6 nitrogen and oxygen atoms in total. The zero-order valence-corrected chi connectivity index (χ0v) is 5.05. The standard InChI is InChI=1S/C2H5NO5S/c4-2(5)1-9(7,8)3-6/h3,6H,1H2,(H,4,5). The number of nitrogens with one attached hydrogen (secondary N) is 1. The summed E-state index contributed by atoms with van der Waals surface area (Å²) in [4.78, 5) is 10.5. The van der Waals surface area contributed by atoms with Gasteiger partial charge in [-0.05, 0) is 0 Å². The Bertz CT molecular complexity index is 193. The summed E-state index contributed by atoms with van der Waals surface area (Å²) in [7, 11) is -4.01. The Morgan fingerprint density at radius 3 is 2.11 bits per heavy atom. The largest absolute Gasteiger partial charge is 0.480 e. The van der Waals surface area contributed by atoms with Crippen molar-refractivity contribution in [3.05, 3.63) is 0 Å². The number of aliphatic carboxylic acids is 1. The molecule has 0 bridgehead atoms. The van der Waals surface area contributed by atoms with E-state index in [1.165, 1.54) is 0 Å². The third-order valence-corrected chi connectivity index (χ3v) is 1.36. The third kappa shape index (κ3) is 3.88. The zero-order chi connectivity index (χ0) is 7.49. The molecule has 0 aromatic heterocycles. The molecule has 0 spiro atoms. The Balaban J connectivity index is 4.06. The van der Waals surface area contributed by atoms with Gasteiger partial charge >= 0.3 is 5.97 Å². The molecule has 0 fully saturated rings. The number of hydrogen-bond donors (Lipinski definition) is 3. The smallest absolute Gasteiger partial charge is 0.320 e. The van der Waals surface area contributed by atoms with E-state index in [0.717, 1.165) is 4.89 Å². The first kappa shape index (κ1) is 8.34. The summed E-state index contributed by atoms with van der Waals surface area (Å²) in [6.07, 6.45) is 0. The zero-order valence-electron chi connectivity index (χ0n) is 4.23. The number of carboxylic acids is 1. The number of sulfonamides is 1. The predicted octanol–water partition coefficient (Wildman–Crippen LogP) is -1.62. The van der Waals surface area contributed by atoms with Crippen LogP contribution in [0.15, 0.2) is 0 Å². The summed E-state index contributed by atoms with van der Waals surface area (Å²) in [6.45, 7) is 0. The van der Waals surface area contributed by atoms with E-state index in [0.29, 0.717) is 0 Å². The van der Waals surface area contributed by atoms with Crippen molar-refractivity contribution in [2.24, 2.45) is 0 Å². The molecule has 0 aromatic rings. The van der Waals surface area contributed by atoms with Gasteiger partial charge in [0, 0.05) is 0 Å². The van der Waals surface area contributed by atoms with Crippen LogP contribution in [0.2, 0.25) is 0 Å². The summed E-state index contributed by atoms with van der Waals surface area (Å²) in [5.74, 6) is -2.64. The molecule has 9 heavy (non-hydrogen) atoms. The average Bonchev–Trinajstić information content (AvgIpc) is 1.63. The molecule has 0 aliphatic rings. The van der Waals surface area contributed by atoms with E-state index in [4.69, 9.17) is 10.3 Å². The first-order chi connectivity index (χ1) is 3.98. The lowest BCUT2D eigenvalue weighted by Gasteiger charge is -1.93. The first-order valence-corrected chi connectivity index (χ1v) is 3.48. The quantitative estimate of drug-likeness (QED) is 0.425. The van der Waals surface area contributed by atoms with E-state index < -0.39 is 21.7 Å². The molecule has 0 heterocycles. The Hall–Kier alpha value is -0.660. The second-order valence-electron chi connectivity index (χ2n) is 1.24. The fourth-order valence-electron chi connectivity index (χ4n) is 0.195. The molecule has 0 atom stereocenters. The van der Waals surface area contributed by atoms with Crippen LogP contribution in [-0.4, -0.2) is 30.5 Å². The maximum Gasteiger partial charge on any atom is 0.320 e. The molecule has 54 valence electrons. The van der Waals surface area contributed by atoms with Crippen molar-refractivity contribution in [3.63, 3.8) is 0 Å². The molecular weight excluding hydrogens is 150 g/mol. The van der Waals surface area contributed by atoms with Crippen molar-refractivity contribution in [2.45, 2.75) is 0 Å². The SMILES string of the molecule is O=C(O)CS(=O)(=O)NO. The van der Waals surface area contributed by atoms with Gasteiger partial charge in [0.15, 0.2) is 5.75 Å². The summed E-state index contributed by atoms with van der Waals surface area (Å²) in [5.41, 5.74) is 0. The van der Waals surface area contributed by atoms with Gasteiger partial charge in [0.2, 0.25) is 10.0 Å². The lowest BCUT2D eigenvalue weighted by atomic mass is 10.8. The first-order valence-electron chi connectivity index (χ1n) is 1.83. The number of hydrogen-bond acceptors (Lipinski definition) is 4. The van der Waals surface area contributed by atoms with Gasteiger partial charge in [0.25, 0.3) is 0 Å². The fourth-order valence-corrected chi connectivity index (χ4v) is 0.584. The van der Waals surface area contributed by atoms with Gasteiger partial charge in [0.05, 0.1) is 0 Å². The predicted molar refractivity (Wildman–Crippen MR) is 26.3 cm³/mol. The molecule has 0 saturated carbocycles. The van der Waals surface area contributed by atoms with Crippen molar-refractivity contribution in [1.29, 1.82) is 0 Å². The monoisotopic (exact) mass is 155 g/mol. The van der Waals surface area contributed by atoms with Crippen LogP contribution in [0.4, 0.5) is 0 Å². The van der Waals surface area contributed by atoms with E-state index in [9.17, 15) is 13.2 Å². The highest BCUT2D eigenvalue weighted by molar-refractivity contribution is 7.89. The Kier molecular flexibility index (Phi) is 2.56. The van der Waals surface area contributed by atoms with E-state index >= 15 is 0 Å². The molecule has 0 saturated heterocycles. The molecular formula is C2H5NO5S. The second kappa shape index (κ2) is 2.76. The van der Waals surface area contributed by atoms with E-state index in [-0.39, 0.29) is 0 Å². The van der Waals surface area contributed by atoms with Crippen LogP contribution < -0.4 is 4.89 Å². The van der Waals surface area contributed by atoms with E-state index in [1.807, 2.05) is 0 Å². The van der Waals surface area contributed by atoms with Crippen molar-refractivity contribution < 1.29 is 23.5 Å². The van der Waals surface area contributed by atoms with Crippen LogP contribution in [0, 0.1) is 0 Å². The van der Waals surface area contributed by atoms with Crippen molar-refractivity contribution in [1.82, 2.24) is 4.89 Å². The maximum atomic E-state index is 10.1. The van der Waals surface area contributed by atoms with Gasteiger partial charge in [-0.2, -0.15) is 0 Å². The topological polar surface area (TPSA) is 104 Å². The summed E-state index contributed by atoms with van der Waals surface area (Å²) >= 11 is 0. The Labute approximate surface area is 51.1 Å². The highest BCUT2D eigenvalue weighted by atomic mass is 32.2. The highest BCUT2D eigenvalue weighted by Gasteiger charge is 2.12. The normalized spacial score (nSPS) is 11.2. The van der Waals surface area contributed by atoms with Crippen molar-refractivity contribution in [2.75, 3.05) is 5.75 Å². The summed E-state index contributed by atoms with van der Waals surface area (Å²) in [5, 5.41) is 15.6. The van der Waals surface area contributed by atoms with E-state index in [1.54, 1.807) is 0 Å². The van der Waals surface area contributed by atoms with Crippen molar-refractivity contribution in [3.8, 4) is 0 Å². The molecule has 0 radical (unpaired) electrons. The van der Waals surface area contributed by atoms with Crippen LogP contribution in [0.5, 0.6) is 0 Å². The van der Waals surface area contributed by atoms with Crippen LogP contribution in [0.25, 0.3) is 0 Å². The highest BCUT2D eigenvalue weighted by Crippen LogP contribution is 1.79. The minimum absolute atomic E-state index is 0.864. The van der Waals surface area contributed by atoms with Crippen LogP contribution >= 0.6 is 0 Å². The van der Waals surface area contributed by atoms with Gasteiger partial charge in [-0.1, -0.05) is 4.89 Å². The van der Waals surface area contributed by atoms with E-state index in [2.05, 4.69) is 0 Å². The van der Waals surface area contributed by atoms with Crippen LogP contribution in [0.1, 0.15) is 0 Å². The lowest BCUT2D eigenvalue weighted by molar-refractivity contribution is -0.134. The number of carbonyl (C=O) groups is 1. The second-order valence-corrected chi connectivity index (χ2v) is 2.94.